The van der Waals surface area contributed by atoms with E-state index in [0.29, 0.717) is 57.1 Å². The zero-order chi connectivity index (χ0) is 30.1. The zero-order valence-electron chi connectivity index (χ0n) is 24.5. The molecule has 0 aliphatic carbocycles. The van der Waals surface area contributed by atoms with Crippen LogP contribution in [0.15, 0.2) is 30.3 Å². The number of aliphatic carboxylic acids is 1. The van der Waals surface area contributed by atoms with E-state index in [0.717, 1.165) is 30.0 Å². The molecule has 0 radical (unpaired) electrons. The van der Waals surface area contributed by atoms with Crippen LogP contribution in [-0.2, 0) is 20.7 Å². The first-order valence-corrected chi connectivity index (χ1v) is 14.8. The predicted molar refractivity (Wildman–Crippen MR) is 152 cm³/mol. The third-order valence-electron chi connectivity index (χ3n) is 9.36. The van der Waals surface area contributed by atoms with Gasteiger partial charge in [-0.25, -0.2) is 13.2 Å². The molecule has 3 fully saturated rings. The summed E-state index contributed by atoms with van der Waals surface area (Å²) in [6.45, 7) is 8.69. The molecule has 0 aromatic heterocycles. The highest BCUT2D eigenvalue weighted by Crippen LogP contribution is 2.38. The molecule has 3 aliphatic rings. The van der Waals surface area contributed by atoms with E-state index in [1.807, 2.05) is 17.9 Å². The highest BCUT2D eigenvalue weighted by atomic mass is 19.1. The molecule has 1 amide bonds. The smallest absolute Gasteiger partial charge is 0.321 e. The average Bonchev–Trinajstić information content (AvgIpc) is 3.38. The molecule has 5 rings (SSSR count). The maximum absolute atomic E-state index is 15.0. The van der Waals surface area contributed by atoms with Crippen LogP contribution in [0.25, 0.3) is 0 Å². The van der Waals surface area contributed by atoms with E-state index in [1.165, 1.54) is 18.2 Å². The first-order chi connectivity index (χ1) is 20.0. The molecular formula is C32H40F3N3O4. The molecule has 7 nitrogen and oxygen atoms in total. The van der Waals surface area contributed by atoms with Gasteiger partial charge in [0.1, 0.15) is 23.5 Å². The first kappa shape index (κ1) is 30.5. The summed E-state index contributed by atoms with van der Waals surface area (Å²) in [6.07, 6.45) is 1.71. The third kappa shape index (κ3) is 6.35. The molecule has 0 saturated carbocycles. The minimum atomic E-state index is -1.03. The summed E-state index contributed by atoms with van der Waals surface area (Å²) in [6, 6.07) is 5.84. The molecule has 42 heavy (non-hydrogen) atoms. The third-order valence-corrected chi connectivity index (χ3v) is 9.36. The van der Waals surface area contributed by atoms with Crippen LogP contribution in [0.3, 0.4) is 0 Å². The van der Waals surface area contributed by atoms with Crippen molar-refractivity contribution in [2.24, 2.45) is 5.92 Å². The topological polar surface area (TPSA) is 73.3 Å². The minimum Gasteiger partial charge on any atom is -0.480 e. The molecular weight excluding hydrogens is 547 g/mol. The summed E-state index contributed by atoms with van der Waals surface area (Å²) < 4.78 is 49.1. The number of hydrogen-bond donors (Lipinski definition) is 1. The van der Waals surface area contributed by atoms with Gasteiger partial charge in [-0.3, -0.25) is 19.4 Å². The van der Waals surface area contributed by atoms with Crippen LogP contribution >= 0.6 is 0 Å². The Morgan fingerprint density at radius 1 is 1.00 bits per heavy atom. The van der Waals surface area contributed by atoms with Crippen LogP contribution in [0.4, 0.5) is 13.2 Å². The van der Waals surface area contributed by atoms with E-state index >= 15 is 4.39 Å². The Balaban J connectivity index is 1.33. The van der Waals surface area contributed by atoms with Crippen LogP contribution in [0.1, 0.15) is 47.9 Å². The van der Waals surface area contributed by atoms with Crippen molar-refractivity contribution < 1.29 is 32.6 Å². The van der Waals surface area contributed by atoms with Crippen LogP contribution in [0.2, 0.25) is 0 Å². The highest BCUT2D eigenvalue weighted by molar-refractivity contribution is 5.81. The fourth-order valence-corrected chi connectivity index (χ4v) is 7.13. The maximum atomic E-state index is 15.0. The number of aryl methyl sites for hydroxylation is 2. The summed E-state index contributed by atoms with van der Waals surface area (Å²) in [5.74, 6) is -3.78. The van der Waals surface area contributed by atoms with Crippen molar-refractivity contribution >= 4 is 11.9 Å². The molecule has 3 aliphatic heterocycles. The second-order valence-corrected chi connectivity index (χ2v) is 12.2. The second-order valence-electron chi connectivity index (χ2n) is 12.2. The number of carboxylic acid groups (broad SMARTS) is 1. The minimum absolute atomic E-state index is 0.0303. The Morgan fingerprint density at radius 3 is 2.38 bits per heavy atom. The zero-order valence-corrected chi connectivity index (χ0v) is 24.5. The number of benzene rings is 2. The number of halogens is 3. The van der Waals surface area contributed by atoms with Gasteiger partial charge in [-0.1, -0.05) is 12.1 Å². The Bertz CT molecular complexity index is 1290. The SMILES string of the molecule is Cc1cc(C)c(C[C@@H](C(=O)O)N2CCN(C(=O)[C@@H]3CN(C4CCOCC4)C[C@H]3c3ccc(F)cc3F)[C@@H](C)C2)c(F)c1. The van der Waals surface area contributed by atoms with Crippen LogP contribution < -0.4 is 0 Å². The number of ether oxygens (including phenoxy) is 1. The van der Waals surface area contributed by atoms with Gasteiger partial charge < -0.3 is 14.7 Å². The lowest BCUT2D eigenvalue weighted by atomic mass is 9.87. The van der Waals surface area contributed by atoms with E-state index in [2.05, 4.69) is 4.90 Å². The van der Waals surface area contributed by atoms with Crippen LogP contribution in [-0.4, -0.2) is 95.7 Å². The van der Waals surface area contributed by atoms with E-state index in [-0.39, 0.29) is 24.4 Å². The summed E-state index contributed by atoms with van der Waals surface area (Å²) in [5, 5.41) is 10.1. The lowest BCUT2D eigenvalue weighted by Crippen LogP contribution is -2.59. The molecule has 2 aromatic rings. The molecule has 3 heterocycles. The number of likely N-dealkylation sites (tertiary alicyclic amines) is 1. The van der Waals surface area contributed by atoms with Crippen molar-refractivity contribution in [1.82, 2.24) is 14.7 Å². The molecule has 3 saturated heterocycles. The van der Waals surface area contributed by atoms with E-state index in [4.69, 9.17) is 4.74 Å². The molecule has 228 valence electrons. The van der Waals surface area contributed by atoms with Gasteiger partial charge in [0.25, 0.3) is 0 Å². The van der Waals surface area contributed by atoms with E-state index < -0.39 is 41.3 Å². The predicted octanol–water partition coefficient (Wildman–Crippen LogP) is 4.14. The van der Waals surface area contributed by atoms with Crippen molar-refractivity contribution in [1.29, 1.82) is 0 Å². The molecule has 0 bridgehead atoms. The number of nitrogens with zero attached hydrogens (tertiary/aromatic N) is 3. The quantitative estimate of drug-likeness (QED) is 0.525. The highest BCUT2D eigenvalue weighted by Gasteiger charge is 2.45. The molecule has 0 unspecified atom stereocenters. The average molecular weight is 588 g/mol. The van der Waals surface area contributed by atoms with Crippen molar-refractivity contribution in [2.45, 2.75) is 64.1 Å². The van der Waals surface area contributed by atoms with Gasteiger partial charge in [-0.05, 0) is 68.0 Å². The van der Waals surface area contributed by atoms with Gasteiger partial charge in [-0.2, -0.15) is 0 Å². The Morgan fingerprint density at radius 2 is 1.74 bits per heavy atom. The van der Waals surface area contributed by atoms with Gasteiger partial charge in [0.15, 0.2) is 0 Å². The normalized spacial score (nSPS) is 25.1. The number of hydrogen-bond acceptors (Lipinski definition) is 5. The van der Waals surface area contributed by atoms with Gasteiger partial charge >= 0.3 is 5.97 Å². The monoisotopic (exact) mass is 587 g/mol. The molecule has 1 N–H and O–H groups in total. The Hall–Kier alpha value is -2.95. The van der Waals surface area contributed by atoms with Gasteiger partial charge in [0.05, 0.1) is 5.92 Å². The van der Waals surface area contributed by atoms with Crippen molar-refractivity contribution in [3.05, 3.63) is 70.0 Å². The summed E-state index contributed by atoms with van der Waals surface area (Å²) in [4.78, 5) is 32.3. The van der Waals surface area contributed by atoms with Crippen molar-refractivity contribution in [3.8, 4) is 0 Å². The number of carboxylic acids is 1. The fourth-order valence-electron chi connectivity index (χ4n) is 7.13. The molecule has 4 atom stereocenters. The second kappa shape index (κ2) is 12.7. The standard InChI is InChI=1S/C32H40F3N3O4/c1-19-12-20(2)25(28(34)13-19)15-30(32(40)41)36-8-9-38(21(3)16-36)31(39)27-18-37(23-6-10-42-11-7-23)17-26(27)24-5-4-22(33)14-29(24)35/h4-5,12-14,21,23,26-27,30H,6-11,15-18H2,1-3H3,(H,40,41)/t21-,26-,27+,30-/m0/s1. The largest absolute Gasteiger partial charge is 0.480 e. The number of carbonyl (C=O) groups excluding carboxylic acids is 1. The molecule has 10 heteroatoms. The maximum Gasteiger partial charge on any atom is 0.321 e. The number of piperazine rings is 1. The lowest BCUT2D eigenvalue weighted by molar-refractivity contribution is -0.147. The van der Waals surface area contributed by atoms with Crippen LogP contribution in [0, 0.1) is 37.2 Å². The fraction of sp³-hybridized carbons (Fsp3) is 0.562. The number of rotatable bonds is 7. The first-order valence-electron chi connectivity index (χ1n) is 14.8. The van der Waals surface area contributed by atoms with Crippen LogP contribution in [0.5, 0.6) is 0 Å². The van der Waals surface area contributed by atoms with E-state index in [9.17, 15) is 23.5 Å². The van der Waals surface area contributed by atoms with Gasteiger partial charge in [-0.15, -0.1) is 0 Å². The Kier molecular flexibility index (Phi) is 9.25. The van der Waals surface area contributed by atoms with Gasteiger partial charge in [0.2, 0.25) is 5.91 Å². The lowest BCUT2D eigenvalue weighted by Gasteiger charge is -2.43. The van der Waals surface area contributed by atoms with Crippen molar-refractivity contribution in [3.63, 3.8) is 0 Å². The van der Waals surface area contributed by atoms with E-state index in [1.54, 1.807) is 18.7 Å². The number of carbonyl (C=O) groups is 2. The van der Waals surface area contributed by atoms with Gasteiger partial charge in [0, 0.05) is 76.4 Å². The summed E-state index contributed by atoms with van der Waals surface area (Å²) >= 11 is 0. The summed E-state index contributed by atoms with van der Waals surface area (Å²) in [7, 11) is 0. The van der Waals surface area contributed by atoms with Crippen molar-refractivity contribution in [2.75, 3.05) is 45.9 Å². The molecule has 0 spiro atoms. The molecule has 2 aromatic carbocycles. The Labute approximate surface area is 245 Å². The number of amides is 1. The summed E-state index contributed by atoms with van der Waals surface area (Å²) in [5.41, 5.74) is 2.23.